The largest absolute Gasteiger partial charge is 0.461 e. The Bertz CT molecular complexity index is 285. The Kier molecular flexibility index (Phi) is 5.48. The molecule has 1 rings (SSSR count). The number of hydrogen-bond donors (Lipinski definition) is 1. The normalized spacial score (nSPS) is 9.93. The number of nitrogens with one attached hydrogen (secondary N) is 1. The van der Waals surface area contributed by atoms with E-state index < -0.39 is 0 Å². The standard InChI is InChI=1S/C12H17NO2/c1-13-9-5-8-12(14)15-10-11-6-3-2-4-7-11/h2-4,6-7,13H,5,8-10H2,1H3. The van der Waals surface area contributed by atoms with Crippen LogP contribution >= 0.6 is 0 Å². The van der Waals surface area contributed by atoms with Crippen molar-refractivity contribution in [2.24, 2.45) is 0 Å². The lowest BCUT2D eigenvalue weighted by Crippen LogP contribution is -2.11. The van der Waals surface area contributed by atoms with E-state index in [0.29, 0.717) is 13.0 Å². The molecule has 0 fully saturated rings. The summed E-state index contributed by atoms with van der Waals surface area (Å²) in [6.07, 6.45) is 1.30. The van der Waals surface area contributed by atoms with Crippen LogP contribution in [0, 0.1) is 0 Å². The van der Waals surface area contributed by atoms with Gasteiger partial charge in [0.2, 0.25) is 0 Å². The second-order valence-corrected chi connectivity index (χ2v) is 3.35. The van der Waals surface area contributed by atoms with Crippen molar-refractivity contribution < 1.29 is 9.53 Å². The molecular formula is C12H17NO2. The summed E-state index contributed by atoms with van der Waals surface area (Å²) in [7, 11) is 1.87. The zero-order valence-electron chi connectivity index (χ0n) is 9.03. The van der Waals surface area contributed by atoms with Gasteiger partial charge in [-0.25, -0.2) is 0 Å². The SMILES string of the molecule is CNCCCC(=O)OCc1ccccc1. The molecule has 0 atom stereocenters. The maximum absolute atomic E-state index is 11.2. The number of ether oxygens (including phenoxy) is 1. The van der Waals surface area contributed by atoms with Gasteiger partial charge in [-0.05, 0) is 25.6 Å². The Morgan fingerprint density at radius 1 is 1.33 bits per heavy atom. The van der Waals surface area contributed by atoms with Crippen LogP contribution in [-0.4, -0.2) is 19.6 Å². The van der Waals surface area contributed by atoms with E-state index in [9.17, 15) is 4.79 Å². The van der Waals surface area contributed by atoms with E-state index in [1.807, 2.05) is 37.4 Å². The second kappa shape index (κ2) is 7.01. The van der Waals surface area contributed by atoms with E-state index in [4.69, 9.17) is 4.74 Å². The van der Waals surface area contributed by atoms with E-state index in [1.54, 1.807) is 0 Å². The molecular weight excluding hydrogens is 190 g/mol. The first-order valence-corrected chi connectivity index (χ1v) is 5.17. The van der Waals surface area contributed by atoms with Gasteiger partial charge in [0.25, 0.3) is 0 Å². The van der Waals surface area contributed by atoms with Crippen LogP contribution in [0.4, 0.5) is 0 Å². The summed E-state index contributed by atoms with van der Waals surface area (Å²) in [5.74, 6) is -0.130. The highest BCUT2D eigenvalue weighted by atomic mass is 16.5. The quantitative estimate of drug-likeness (QED) is 0.570. The first-order valence-electron chi connectivity index (χ1n) is 5.17. The van der Waals surface area contributed by atoms with E-state index in [1.165, 1.54) is 0 Å². The van der Waals surface area contributed by atoms with Crippen LogP contribution in [0.2, 0.25) is 0 Å². The van der Waals surface area contributed by atoms with Crippen LogP contribution in [0.25, 0.3) is 0 Å². The zero-order chi connectivity index (χ0) is 10.9. The van der Waals surface area contributed by atoms with Gasteiger partial charge in [0, 0.05) is 6.42 Å². The predicted octanol–water partition coefficient (Wildman–Crippen LogP) is 1.73. The summed E-state index contributed by atoms with van der Waals surface area (Å²) in [6.45, 7) is 1.22. The molecule has 0 bridgehead atoms. The highest BCUT2D eigenvalue weighted by Gasteiger charge is 2.01. The highest BCUT2D eigenvalue weighted by molar-refractivity contribution is 5.69. The molecule has 0 aliphatic heterocycles. The number of rotatable bonds is 6. The second-order valence-electron chi connectivity index (χ2n) is 3.35. The fourth-order valence-electron chi connectivity index (χ4n) is 1.22. The van der Waals surface area contributed by atoms with E-state index in [-0.39, 0.29) is 5.97 Å². The fourth-order valence-corrected chi connectivity index (χ4v) is 1.22. The monoisotopic (exact) mass is 207 g/mol. The average Bonchev–Trinajstić information content (AvgIpc) is 2.28. The lowest BCUT2D eigenvalue weighted by Gasteiger charge is -2.04. The molecule has 1 aromatic carbocycles. The molecule has 15 heavy (non-hydrogen) atoms. The summed E-state index contributed by atoms with van der Waals surface area (Å²) >= 11 is 0. The highest BCUT2D eigenvalue weighted by Crippen LogP contribution is 2.02. The molecule has 0 spiro atoms. The number of benzene rings is 1. The molecule has 1 N–H and O–H groups in total. The minimum atomic E-state index is -0.130. The predicted molar refractivity (Wildman–Crippen MR) is 59.4 cm³/mol. The maximum Gasteiger partial charge on any atom is 0.306 e. The van der Waals surface area contributed by atoms with Crippen LogP contribution in [0.15, 0.2) is 30.3 Å². The zero-order valence-corrected chi connectivity index (χ0v) is 9.03. The van der Waals surface area contributed by atoms with Gasteiger partial charge in [-0.1, -0.05) is 30.3 Å². The lowest BCUT2D eigenvalue weighted by atomic mass is 10.2. The topological polar surface area (TPSA) is 38.3 Å². The van der Waals surface area contributed by atoms with Crippen LogP contribution in [0.3, 0.4) is 0 Å². The van der Waals surface area contributed by atoms with Gasteiger partial charge in [0.05, 0.1) is 0 Å². The van der Waals surface area contributed by atoms with Crippen molar-refractivity contribution in [3.8, 4) is 0 Å². The van der Waals surface area contributed by atoms with E-state index in [2.05, 4.69) is 5.32 Å². The molecule has 0 saturated carbocycles. The van der Waals surface area contributed by atoms with E-state index in [0.717, 1.165) is 18.5 Å². The van der Waals surface area contributed by atoms with Crippen molar-refractivity contribution in [2.75, 3.05) is 13.6 Å². The minimum absolute atomic E-state index is 0.130. The molecule has 3 heteroatoms. The molecule has 0 heterocycles. The average molecular weight is 207 g/mol. The Hall–Kier alpha value is -1.35. The fraction of sp³-hybridized carbons (Fsp3) is 0.417. The maximum atomic E-state index is 11.2. The molecule has 0 radical (unpaired) electrons. The summed E-state index contributed by atoms with van der Waals surface area (Å²) < 4.78 is 5.11. The lowest BCUT2D eigenvalue weighted by molar-refractivity contribution is -0.145. The summed E-state index contributed by atoms with van der Waals surface area (Å²) in [5.41, 5.74) is 1.03. The number of carbonyl (C=O) groups is 1. The van der Waals surface area contributed by atoms with Gasteiger partial charge < -0.3 is 10.1 Å². The molecule has 0 aliphatic rings. The molecule has 0 amide bonds. The Morgan fingerprint density at radius 3 is 2.73 bits per heavy atom. The number of hydrogen-bond acceptors (Lipinski definition) is 3. The molecule has 1 aromatic rings. The third-order valence-corrected chi connectivity index (χ3v) is 2.05. The Morgan fingerprint density at radius 2 is 2.07 bits per heavy atom. The third-order valence-electron chi connectivity index (χ3n) is 2.05. The van der Waals surface area contributed by atoms with Gasteiger partial charge >= 0.3 is 5.97 Å². The molecule has 0 aliphatic carbocycles. The van der Waals surface area contributed by atoms with Crippen LogP contribution in [0.1, 0.15) is 18.4 Å². The van der Waals surface area contributed by atoms with Crippen LogP contribution in [-0.2, 0) is 16.1 Å². The Balaban J connectivity index is 2.17. The molecule has 0 saturated heterocycles. The van der Waals surface area contributed by atoms with Crippen molar-refractivity contribution >= 4 is 5.97 Å². The third kappa shape index (κ3) is 5.18. The Labute approximate surface area is 90.4 Å². The van der Waals surface area contributed by atoms with E-state index >= 15 is 0 Å². The van der Waals surface area contributed by atoms with Gasteiger partial charge in [0.1, 0.15) is 6.61 Å². The minimum Gasteiger partial charge on any atom is -0.461 e. The van der Waals surface area contributed by atoms with Crippen molar-refractivity contribution in [2.45, 2.75) is 19.4 Å². The number of esters is 1. The van der Waals surface area contributed by atoms with Crippen molar-refractivity contribution in [3.63, 3.8) is 0 Å². The molecule has 0 aromatic heterocycles. The molecule has 3 nitrogen and oxygen atoms in total. The molecule has 0 unspecified atom stereocenters. The van der Waals surface area contributed by atoms with Gasteiger partial charge in [-0.2, -0.15) is 0 Å². The number of carbonyl (C=O) groups excluding carboxylic acids is 1. The molecule has 82 valence electrons. The van der Waals surface area contributed by atoms with Crippen molar-refractivity contribution in [1.82, 2.24) is 5.32 Å². The van der Waals surface area contributed by atoms with Crippen molar-refractivity contribution in [1.29, 1.82) is 0 Å². The van der Waals surface area contributed by atoms with Gasteiger partial charge in [-0.3, -0.25) is 4.79 Å². The van der Waals surface area contributed by atoms with Gasteiger partial charge in [0.15, 0.2) is 0 Å². The first kappa shape index (κ1) is 11.7. The summed E-state index contributed by atoms with van der Waals surface area (Å²) in [6, 6.07) is 9.70. The van der Waals surface area contributed by atoms with Gasteiger partial charge in [-0.15, -0.1) is 0 Å². The van der Waals surface area contributed by atoms with Crippen LogP contribution < -0.4 is 5.32 Å². The first-order chi connectivity index (χ1) is 7.33. The smallest absolute Gasteiger partial charge is 0.306 e. The van der Waals surface area contributed by atoms with Crippen LogP contribution in [0.5, 0.6) is 0 Å². The summed E-state index contributed by atoms with van der Waals surface area (Å²) in [4.78, 5) is 11.2. The summed E-state index contributed by atoms with van der Waals surface area (Å²) in [5, 5.41) is 2.99. The van der Waals surface area contributed by atoms with Crippen molar-refractivity contribution in [3.05, 3.63) is 35.9 Å².